The van der Waals surface area contributed by atoms with E-state index in [0.717, 1.165) is 16.7 Å². The standard InChI is InChI=1S/C23H25NO4S/c1-17-10-12-20(15-18(17)2)29(26,27)22(21-9-6-14-28-21)16-24-23(25)13-11-19-7-4-3-5-8-19/h3-10,12,14-15,22H,11,13,16H2,1-2H3,(H,24,25)/t22-/m1/s1. The van der Waals surface area contributed by atoms with Crippen molar-refractivity contribution in [3.63, 3.8) is 0 Å². The first-order valence-corrected chi connectivity index (χ1v) is 11.1. The largest absolute Gasteiger partial charge is 0.468 e. The van der Waals surface area contributed by atoms with Crippen LogP contribution in [0.3, 0.4) is 0 Å². The van der Waals surface area contributed by atoms with Gasteiger partial charge in [-0.2, -0.15) is 0 Å². The fraction of sp³-hybridized carbons (Fsp3) is 0.261. The number of benzene rings is 2. The molecule has 0 unspecified atom stereocenters. The van der Waals surface area contributed by atoms with Crippen LogP contribution in [0.1, 0.15) is 34.1 Å². The van der Waals surface area contributed by atoms with E-state index in [2.05, 4.69) is 5.32 Å². The zero-order valence-electron chi connectivity index (χ0n) is 16.6. The second-order valence-electron chi connectivity index (χ2n) is 7.08. The van der Waals surface area contributed by atoms with Gasteiger partial charge in [0.2, 0.25) is 5.91 Å². The van der Waals surface area contributed by atoms with Crippen LogP contribution in [-0.4, -0.2) is 20.9 Å². The molecule has 29 heavy (non-hydrogen) atoms. The van der Waals surface area contributed by atoms with Gasteiger partial charge in [-0.1, -0.05) is 36.4 Å². The summed E-state index contributed by atoms with van der Waals surface area (Å²) in [6.07, 6.45) is 2.33. The first-order chi connectivity index (χ1) is 13.9. The van der Waals surface area contributed by atoms with Gasteiger partial charge in [-0.05, 0) is 61.2 Å². The van der Waals surface area contributed by atoms with Crippen LogP contribution < -0.4 is 5.32 Å². The van der Waals surface area contributed by atoms with Crippen molar-refractivity contribution in [2.45, 2.75) is 36.8 Å². The van der Waals surface area contributed by atoms with Crippen LogP contribution in [0.4, 0.5) is 0 Å². The van der Waals surface area contributed by atoms with Crippen LogP contribution in [0.5, 0.6) is 0 Å². The molecule has 0 fully saturated rings. The topological polar surface area (TPSA) is 76.4 Å². The molecular weight excluding hydrogens is 386 g/mol. The van der Waals surface area contributed by atoms with Crippen LogP contribution in [0.2, 0.25) is 0 Å². The smallest absolute Gasteiger partial charge is 0.220 e. The molecule has 1 amide bonds. The molecule has 0 aliphatic carbocycles. The molecule has 3 aromatic rings. The lowest BCUT2D eigenvalue weighted by Gasteiger charge is -2.17. The average Bonchev–Trinajstić information content (AvgIpc) is 3.23. The van der Waals surface area contributed by atoms with Crippen LogP contribution in [0.15, 0.2) is 76.2 Å². The van der Waals surface area contributed by atoms with Gasteiger partial charge in [0.05, 0.1) is 11.2 Å². The first-order valence-electron chi connectivity index (χ1n) is 9.53. The molecule has 0 radical (unpaired) electrons. The molecule has 0 spiro atoms. The van der Waals surface area contributed by atoms with E-state index in [1.807, 2.05) is 44.2 Å². The summed E-state index contributed by atoms with van der Waals surface area (Å²) in [4.78, 5) is 12.5. The Morgan fingerprint density at radius 3 is 2.41 bits per heavy atom. The number of hydrogen-bond acceptors (Lipinski definition) is 4. The zero-order valence-corrected chi connectivity index (χ0v) is 17.4. The number of aryl methyl sites for hydroxylation is 3. The van der Waals surface area contributed by atoms with Crippen molar-refractivity contribution in [3.8, 4) is 0 Å². The molecule has 0 aliphatic heterocycles. The maximum atomic E-state index is 13.3. The Labute approximate surface area is 171 Å². The molecule has 1 atom stereocenters. The van der Waals surface area contributed by atoms with Crippen LogP contribution in [0.25, 0.3) is 0 Å². The second-order valence-corrected chi connectivity index (χ2v) is 9.22. The number of carbonyl (C=O) groups excluding carboxylic acids is 1. The van der Waals surface area contributed by atoms with Crippen LogP contribution >= 0.6 is 0 Å². The number of furan rings is 1. The van der Waals surface area contributed by atoms with Gasteiger partial charge in [-0.25, -0.2) is 8.42 Å². The Balaban J connectivity index is 1.74. The van der Waals surface area contributed by atoms with E-state index in [4.69, 9.17) is 4.42 Å². The lowest BCUT2D eigenvalue weighted by Crippen LogP contribution is -2.32. The van der Waals surface area contributed by atoms with Crippen molar-refractivity contribution in [3.05, 3.63) is 89.4 Å². The summed E-state index contributed by atoms with van der Waals surface area (Å²) >= 11 is 0. The van der Waals surface area contributed by atoms with Gasteiger partial charge in [0.25, 0.3) is 0 Å². The molecule has 3 rings (SSSR count). The lowest BCUT2D eigenvalue weighted by atomic mass is 10.1. The highest BCUT2D eigenvalue weighted by Gasteiger charge is 2.32. The lowest BCUT2D eigenvalue weighted by molar-refractivity contribution is -0.121. The van der Waals surface area contributed by atoms with E-state index < -0.39 is 15.1 Å². The van der Waals surface area contributed by atoms with Crippen molar-refractivity contribution in [1.29, 1.82) is 0 Å². The summed E-state index contributed by atoms with van der Waals surface area (Å²) in [5.41, 5.74) is 2.98. The molecule has 5 nitrogen and oxygen atoms in total. The minimum absolute atomic E-state index is 0.0452. The van der Waals surface area contributed by atoms with Crippen molar-refractivity contribution >= 4 is 15.7 Å². The van der Waals surface area contributed by atoms with E-state index >= 15 is 0 Å². The number of hydrogen-bond donors (Lipinski definition) is 1. The van der Waals surface area contributed by atoms with E-state index in [-0.39, 0.29) is 17.3 Å². The average molecular weight is 412 g/mol. The Hall–Kier alpha value is -2.86. The molecule has 1 heterocycles. The highest BCUT2D eigenvalue weighted by atomic mass is 32.2. The van der Waals surface area contributed by atoms with E-state index in [1.165, 1.54) is 6.26 Å². The molecule has 6 heteroatoms. The summed E-state index contributed by atoms with van der Waals surface area (Å²) in [5.74, 6) is 0.118. The molecule has 0 saturated heterocycles. The van der Waals surface area contributed by atoms with Crippen molar-refractivity contribution < 1.29 is 17.6 Å². The normalized spacial score (nSPS) is 12.5. The highest BCUT2D eigenvalue weighted by Crippen LogP contribution is 2.30. The Morgan fingerprint density at radius 1 is 1.00 bits per heavy atom. The fourth-order valence-corrected chi connectivity index (χ4v) is 4.76. The number of rotatable bonds is 8. The summed E-state index contributed by atoms with van der Waals surface area (Å²) in [7, 11) is -3.73. The molecule has 0 bridgehead atoms. The van der Waals surface area contributed by atoms with Crippen LogP contribution in [0, 0.1) is 13.8 Å². The minimum Gasteiger partial charge on any atom is -0.468 e. The molecule has 2 aromatic carbocycles. The second kappa shape index (κ2) is 9.09. The Morgan fingerprint density at radius 2 is 1.76 bits per heavy atom. The third kappa shape index (κ3) is 5.15. The van der Waals surface area contributed by atoms with Gasteiger partial charge < -0.3 is 9.73 Å². The number of nitrogens with one attached hydrogen (secondary N) is 1. The molecule has 0 aliphatic rings. The number of amides is 1. The quantitative estimate of drug-likeness (QED) is 0.604. The van der Waals surface area contributed by atoms with Crippen LogP contribution in [-0.2, 0) is 21.1 Å². The predicted molar refractivity (Wildman–Crippen MR) is 112 cm³/mol. The van der Waals surface area contributed by atoms with Gasteiger partial charge in [0.1, 0.15) is 11.0 Å². The summed E-state index contributed by atoms with van der Waals surface area (Å²) in [6, 6.07) is 18.0. The summed E-state index contributed by atoms with van der Waals surface area (Å²) in [6.45, 7) is 3.76. The van der Waals surface area contributed by atoms with Crippen molar-refractivity contribution in [2.24, 2.45) is 0 Å². The molecule has 1 aromatic heterocycles. The zero-order chi connectivity index (χ0) is 20.9. The Bertz CT molecular complexity index is 1060. The first kappa shape index (κ1) is 20.9. The molecule has 152 valence electrons. The highest BCUT2D eigenvalue weighted by molar-refractivity contribution is 7.91. The van der Waals surface area contributed by atoms with Gasteiger partial charge in [-0.15, -0.1) is 0 Å². The minimum atomic E-state index is -3.73. The predicted octanol–water partition coefficient (Wildman–Crippen LogP) is 4.16. The van der Waals surface area contributed by atoms with E-state index in [9.17, 15) is 13.2 Å². The molecule has 0 saturated carbocycles. The van der Waals surface area contributed by atoms with E-state index in [0.29, 0.717) is 18.6 Å². The molecule has 1 N–H and O–H groups in total. The summed E-state index contributed by atoms with van der Waals surface area (Å²) < 4.78 is 31.9. The summed E-state index contributed by atoms with van der Waals surface area (Å²) in [5, 5.41) is 1.78. The molecular formula is C23H25NO4S. The third-order valence-corrected chi connectivity index (χ3v) is 7.07. The third-order valence-electron chi connectivity index (χ3n) is 5.01. The van der Waals surface area contributed by atoms with E-state index in [1.54, 1.807) is 30.3 Å². The number of sulfone groups is 1. The Kier molecular flexibility index (Phi) is 6.54. The maximum absolute atomic E-state index is 13.3. The van der Waals surface area contributed by atoms with Gasteiger partial charge in [-0.3, -0.25) is 4.79 Å². The fourth-order valence-electron chi connectivity index (χ4n) is 3.09. The van der Waals surface area contributed by atoms with Gasteiger partial charge in [0.15, 0.2) is 9.84 Å². The number of carbonyl (C=O) groups is 1. The monoisotopic (exact) mass is 411 g/mol. The SMILES string of the molecule is Cc1ccc(S(=O)(=O)[C@H](CNC(=O)CCc2ccccc2)c2ccco2)cc1C. The maximum Gasteiger partial charge on any atom is 0.220 e. The van der Waals surface area contributed by atoms with Crippen molar-refractivity contribution in [2.75, 3.05) is 6.54 Å². The van der Waals surface area contributed by atoms with Gasteiger partial charge in [0, 0.05) is 13.0 Å². The van der Waals surface area contributed by atoms with Gasteiger partial charge >= 0.3 is 0 Å². The van der Waals surface area contributed by atoms with Crippen molar-refractivity contribution in [1.82, 2.24) is 5.32 Å².